The first-order chi connectivity index (χ1) is 13.5. The molecule has 0 aliphatic heterocycles. The Morgan fingerprint density at radius 2 is 1.89 bits per heavy atom. The Balaban J connectivity index is 1.65. The van der Waals surface area contributed by atoms with E-state index >= 15 is 0 Å². The van der Waals surface area contributed by atoms with Gasteiger partial charge in [0.05, 0.1) is 16.8 Å². The van der Waals surface area contributed by atoms with E-state index in [1.54, 1.807) is 30.3 Å². The van der Waals surface area contributed by atoms with Crippen molar-refractivity contribution < 1.29 is 13.9 Å². The van der Waals surface area contributed by atoms with E-state index in [1.807, 2.05) is 31.2 Å². The number of rotatable bonds is 6. The summed E-state index contributed by atoms with van der Waals surface area (Å²) in [4.78, 5) is 12.2. The molecule has 0 aromatic heterocycles. The number of nitrogens with one attached hydrogen (secondary N) is 1. The molecular formula is C22H18ClFN2O2. The molecule has 0 saturated carbocycles. The van der Waals surface area contributed by atoms with Gasteiger partial charge in [0, 0.05) is 5.56 Å². The maximum Gasteiger partial charge on any atom is 0.272 e. The number of ether oxygens (including phenoxy) is 1. The van der Waals surface area contributed by atoms with E-state index in [9.17, 15) is 9.18 Å². The molecule has 142 valence electrons. The molecule has 0 bridgehead atoms. The van der Waals surface area contributed by atoms with Gasteiger partial charge >= 0.3 is 0 Å². The maximum absolute atomic E-state index is 13.0. The van der Waals surface area contributed by atoms with Crippen LogP contribution in [0.15, 0.2) is 71.8 Å². The van der Waals surface area contributed by atoms with Gasteiger partial charge in [-0.25, -0.2) is 9.82 Å². The Hall–Kier alpha value is -3.18. The van der Waals surface area contributed by atoms with Crippen molar-refractivity contribution in [1.29, 1.82) is 0 Å². The topological polar surface area (TPSA) is 50.7 Å². The molecule has 3 aromatic carbocycles. The van der Waals surface area contributed by atoms with Crippen LogP contribution in [0.2, 0.25) is 5.02 Å². The Morgan fingerprint density at radius 1 is 1.14 bits per heavy atom. The molecule has 0 spiro atoms. The number of aryl methyl sites for hydroxylation is 1. The van der Waals surface area contributed by atoms with Gasteiger partial charge in [-0.1, -0.05) is 41.9 Å². The first kappa shape index (κ1) is 19.6. The zero-order valence-electron chi connectivity index (χ0n) is 15.2. The molecule has 4 nitrogen and oxygen atoms in total. The monoisotopic (exact) mass is 396 g/mol. The highest BCUT2D eigenvalue weighted by atomic mass is 35.5. The number of benzene rings is 3. The second-order valence-corrected chi connectivity index (χ2v) is 6.54. The predicted molar refractivity (Wildman–Crippen MR) is 108 cm³/mol. The molecular weight excluding hydrogens is 379 g/mol. The molecule has 28 heavy (non-hydrogen) atoms. The van der Waals surface area contributed by atoms with E-state index in [0.29, 0.717) is 21.9 Å². The number of hydrogen-bond donors (Lipinski definition) is 1. The van der Waals surface area contributed by atoms with Crippen molar-refractivity contribution in [3.8, 4) is 5.75 Å². The van der Waals surface area contributed by atoms with Crippen LogP contribution >= 0.6 is 11.6 Å². The summed E-state index contributed by atoms with van der Waals surface area (Å²) in [6.45, 7) is 2.19. The van der Waals surface area contributed by atoms with E-state index in [2.05, 4.69) is 10.5 Å². The third-order valence-electron chi connectivity index (χ3n) is 3.97. The highest BCUT2D eigenvalue weighted by Crippen LogP contribution is 2.19. The minimum atomic E-state index is -0.397. The second-order valence-electron chi connectivity index (χ2n) is 6.14. The van der Waals surface area contributed by atoms with Gasteiger partial charge in [0.25, 0.3) is 5.91 Å². The van der Waals surface area contributed by atoms with Gasteiger partial charge in [0.2, 0.25) is 0 Å². The second kappa shape index (κ2) is 9.15. The van der Waals surface area contributed by atoms with E-state index in [4.69, 9.17) is 16.3 Å². The van der Waals surface area contributed by atoms with Crippen LogP contribution in [-0.4, -0.2) is 12.1 Å². The molecule has 3 rings (SSSR count). The van der Waals surface area contributed by atoms with Gasteiger partial charge in [-0.05, 0) is 54.4 Å². The molecule has 0 radical (unpaired) electrons. The van der Waals surface area contributed by atoms with Crippen LogP contribution in [0.4, 0.5) is 4.39 Å². The summed E-state index contributed by atoms with van der Waals surface area (Å²) in [5, 5.41) is 4.37. The number of amides is 1. The molecule has 6 heteroatoms. The lowest BCUT2D eigenvalue weighted by Gasteiger charge is -2.09. The van der Waals surface area contributed by atoms with Crippen LogP contribution in [0.1, 0.15) is 27.0 Å². The summed E-state index contributed by atoms with van der Waals surface area (Å²) in [5.74, 6) is -0.0927. The van der Waals surface area contributed by atoms with Crippen molar-refractivity contribution in [2.45, 2.75) is 13.5 Å². The normalized spacial score (nSPS) is 10.8. The highest BCUT2D eigenvalue weighted by Gasteiger charge is 2.09. The summed E-state index contributed by atoms with van der Waals surface area (Å²) in [7, 11) is 0. The van der Waals surface area contributed by atoms with Crippen molar-refractivity contribution in [2.24, 2.45) is 5.10 Å². The number of carbonyl (C=O) groups is 1. The summed E-state index contributed by atoms with van der Waals surface area (Å²) < 4.78 is 18.8. The van der Waals surface area contributed by atoms with E-state index in [0.717, 1.165) is 11.1 Å². The van der Waals surface area contributed by atoms with Crippen molar-refractivity contribution in [3.05, 3.63) is 99.8 Å². The van der Waals surface area contributed by atoms with Crippen molar-refractivity contribution in [3.63, 3.8) is 0 Å². The van der Waals surface area contributed by atoms with Gasteiger partial charge < -0.3 is 4.74 Å². The van der Waals surface area contributed by atoms with Gasteiger partial charge in [-0.15, -0.1) is 0 Å². The number of carbonyl (C=O) groups excluding carboxylic acids is 1. The minimum absolute atomic E-state index is 0.288. The Bertz CT molecular complexity index is 1000. The van der Waals surface area contributed by atoms with Crippen LogP contribution in [0.25, 0.3) is 0 Å². The van der Waals surface area contributed by atoms with E-state index < -0.39 is 5.91 Å². The summed E-state index contributed by atoms with van der Waals surface area (Å²) >= 11 is 6.10. The van der Waals surface area contributed by atoms with Crippen LogP contribution in [0.3, 0.4) is 0 Å². The van der Waals surface area contributed by atoms with Crippen molar-refractivity contribution >= 4 is 23.7 Å². The Kier molecular flexibility index (Phi) is 6.40. The highest BCUT2D eigenvalue weighted by molar-refractivity contribution is 6.33. The fourth-order valence-corrected chi connectivity index (χ4v) is 2.81. The van der Waals surface area contributed by atoms with Crippen molar-refractivity contribution in [1.82, 2.24) is 5.43 Å². The third kappa shape index (κ3) is 5.18. The first-order valence-electron chi connectivity index (χ1n) is 8.59. The minimum Gasteiger partial charge on any atom is -0.488 e. The predicted octanol–water partition coefficient (Wildman–Crippen LogP) is 5.13. The molecule has 0 aliphatic carbocycles. The summed E-state index contributed by atoms with van der Waals surface area (Å²) in [6, 6.07) is 18.6. The van der Waals surface area contributed by atoms with Gasteiger partial charge in [-0.3, -0.25) is 4.79 Å². The smallest absolute Gasteiger partial charge is 0.272 e. The fraction of sp³-hybridized carbons (Fsp3) is 0.0909. The Labute approximate surface area is 167 Å². The van der Waals surface area contributed by atoms with Crippen LogP contribution in [-0.2, 0) is 6.61 Å². The third-order valence-corrected chi connectivity index (χ3v) is 4.28. The van der Waals surface area contributed by atoms with Crippen molar-refractivity contribution in [2.75, 3.05) is 0 Å². The van der Waals surface area contributed by atoms with E-state index in [1.165, 1.54) is 18.3 Å². The fourth-order valence-electron chi connectivity index (χ4n) is 2.49. The van der Waals surface area contributed by atoms with Crippen LogP contribution in [0.5, 0.6) is 5.75 Å². The zero-order chi connectivity index (χ0) is 19.9. The molecule has 0 aliphatic rings. The standard InChI is InChI=1S/C22H18ClFN2O2/c1-15-6-11-19(20(23)12-15)22(27)26-25-13-17-4-2-3-5-21(17)28-14-16-7-9-18(24)10-8-16/h2-13H,14H2,1H3,(H,26,27)/b25-13-. The zero-order valence-corrected chi connectivity index (χ0v) is 15.9. The van der Waals surface area contributed by atoms with Crippen LogP contribution < -0.4 is 10.2 Å². The number of para-hydroxylation sites is 1. The number of hydrazone groups is 1. The quantitative estimate of drug-likeness (QED) is 0.464. The largest absolute Gasteiger partial charge is 0.488 e. The van der Waals surface area contributed by atoms with Crippen LogP contribution in [0, 0.1) is 12.7 Å². The molecule has 0 saturated heterocycles. The van der Waals surface area contributed by atoms with Gasteiger partial charge in [0.1, 0.15) is 18.2 Å². The lowest BCUT2D eigenvalue weighted by Crippen LogP contribution is -2.18. The maximum atomic E-state index is 13.0. The molecule has 0 heterocycles. The molecule has 1 N–H and O–H groups in total. The number of hydrogen-bond acceptors (Lipinski definition) is 3. The summed E-state index contributed by atoms with van der Waals surface area (Å²) in [6.07, 6.45) is 1.50. The molecule has 0 unspecified atom stereocenters. The molecule has 1 amide bonds. The SMILES string of the molecule is Cc1ccc(C(=O)N/N=C\c2ccccc2OCc2ccc(F)cc2)c(Cl)c1. The molecule has 0 fully saturated rings. The molecule has 0 atom stereocenters. The molecule has 3 aromatic rings. The summed E-state index contributed by atoms with van der Waals surface area (Å²) in [5.41, 5.74) is 5.32. The average molecular weight is 397 g/mol. The lowest BCUT2D eigenvalue weighted by atomic mass is 10.1. The first-order valence-corrected chi connectivity index (χ1v) is 8.96. The number of halogens is 2. The van der Waals surface area contributed by atoms with Gasteiger partial charge in [0.15, 0.2) is 0 Å². The van der Waals surface area contributed by atoms with Gasteiger partial charge in [-0.2, -0.15) is 5.10 Å². The number of nitrogens with zero attached hydrogens (tertiary/aromatic N) is 1. The van der Waals surface area contributed by atoms with E-state index in [-0.39, 0.29) is 12.4 Å². The average Bonchev–Trinajstić information content (AvgIpc) is 2.68. The lowest BCUT2D eigenvalue weighted by molar-refractivity contribution is 0.0955. The Morgan fingerprint density at radius 3 is 2.64 bits per heavy atom.